The topological polar surface area (TPSA) is 186 Å². The van der Waals surface area contributed by atoms with Gasteiger partial charge in [-0.05, 0) is 13.0 Å². The van der Waals surface area contributed by atoms with E-state index in [9.17, 15) is 34.8 Å². The monoisotopic (exact) mass is 541 g/mol. The second-order valence-corrected chi connectivity index (χ2v) is 10.4. The zero-order valence-electron chi connectivity index (χ0n) is 21.8. The number of hydrogen-bond acceptors (Lipinski definition) is 11. The molecule has 0 bridgehead atoms. The smallest absolute Gasteiger partial charge is 0.202 e. The Hall–Kier alpha value is -3.35. The van der Waals surface area contributed by atoms with Gasteiger partial charge in [0.15, 0.2) is 17.9 Å². The van der Waals surface area contributed by atoms with Crippen LogP contribution in [0.5, 0.6) is 17.2 Å². The van der Waals surface area contributed by atoms with Gasteiger partial charge in [-0.3, -0.25) is 14.4 Å². The van der Waals surface area contributed by atoms with E-state index in [1.807, 2.05) is 0 Å². The Morgan fingerprint density at radius 3 is 2.49 bits per heavy atom. The van der Waals surface area contributed by atoms with Crippen molar-refractivity contribution in [3.63, 3.8) is 0 Å². The third-order valence-electron chi connectivity index (χ3n) is 7.98. The first-order valence-corrected chi connectivity index (χ1v) is 12.8. The van der Waals surface area contributed by atoms with Crippen molar-refractivity contribution in [2.45, 2.75) is 75.8 Å². The number of hydrogen-bond donors (Lipinski definition) is 5. The van der Waals surface area contributed by atoms with Gasteiger partial charge in [0.1, 0.15) is 22.8 Å². The summed E-state index contributed by atoms with van der Waals surface area (Å²) in [7, 11) is 1.34. The number of carbonyl (C=O) groups excluding carboxylic acids is 3. The zero-order valence-corrected chi connectivity index (χ0v) is 21.8. The lowest BCUT2D eigenvalue weighted by Crippen LogP contribution is -2.52. The lowest BCUT2D eigenvalue weighted by Gasteiger charge is -2.42. The maximum atomic E-state index is 13.7. The summed E-state index contributed by atoms with van der Waals surface area (Å²) in [6, 6.07) is 3.76. The number of ether oxygens (including phenoxy) is 3. The van der Waals surface area contributed by atoms with Crippen LogP contribution in [0, 0.1) is 0 Å². The van der Waals surface area contributed by atoms with Crippen LogP contribution in [-0.4, -0.2) is 75.0 Å². The molecule has 2 aromatic carbocycles. The average molecular weight is 542 g/mol. The number of methoxy groups -OCH3 is 1. The van der Waals surface area contributed by atoms with Gasteiger partial charge in [-0.1, -0.05) is 19.1 Å². The standard InChI is InChI=1S/C28H31NO10/c1-4-17(30)28(36)9-13-20(16(10-28)39-18-8-14(29)23(31)11(2)38-18)27(35)22-21(25(13)33)24(32)12-6-5-7-15(37-3)19(12)26(22)34/h5-7,11,14,16,18,23,31,33,35-36H,4,8-10,29H2,1-3H3/t11?,14?,16?,18?,23?,28-/m0/s1. The van der Waals surface area contributed by atoms with Gasteiger partial charge in [0.2, 0.25) is 5.78 Å². The number of aliphatic hydroxyl groups is 2. The zero-order chi connectivity index (χ0) is 28.4. The number of benzene rings is 2. The van der Waals surface area contributed by atoms with E-state index in [1.165, 1.54) is 25.3 Å². The highest BCUT2D eigenvalue weighted by Crippen LogP contribution is 2.52. The molecule has 6 N–H and O–H groups in total. The third kappa shape index (κ3) is 4.12. The first-order chi connectivity index (χ1) is 18.4. The summed E-state index contributed by atoms with van der Waals surface area (Å²) in [5.74, 6) is -3.07. The quantitative estimate of drug-likeness (QED) is 0.294. The Kier molecular flexibility index (Phi) is 6.76. The summed E-state index contributed by atoms with van der Waals surface area (Å²) in [4.78, 5) is 40.1. The molecule has 0 aromatic heterocycles. The normalized spacial score (nSPS) is 29.8. The first kappa shape index (κ1) is 27.2. The van der Waals surface area contributed by atoms with E-state index >= 15 is 0 Å². The predicted octanol–water partition coefficient (Wildman–Crippen LogP) is 1.42. The highest BCUT2D eigenvalue weighted by atomic mass is 16.7. The van der Waals surface area contributed by atoms with Crippen LogP contribution in [0.1, 0.15) is 82.2 Å². The highest BCUT2D eigenvalue weighted by molar-refractivity contribution is 6.31. The first-order valence-electron chi connectivity index (χ1n) is 12.8. The van der Waals surface area contributed by atoms with Crippen LogP contribution in [-0.2, 0) is 20.7 Å². The molecule has 39 heavy (non-hydrogen) atoms. The molecule has 6 atom stereocenters. The summed E-state index contributed by atoms with van der Waals surface area (Å²) in [5, 5.41) is 44.5. The maximum Gasteiger partial charge on any atom is 0.202 e. The number of fused-ring (bicyclic) bond motifs is 3. The molecule has 0 amide bonds. The minimum atomic E-state index is -1.99. The molecule has 1 aliphatic heterocycles. The minimum Gasteiger partial charge on any atom is -0.507 e. The Labute approximate surface area is 224 Å². The average Bonchev–Trinajstić information content (AvgIpc) is 2.90. The lowest BCUT2D eigenvalue weighted by atomic mass is 9.71. The van der Waals surface area contributed by atoms with Crippen LogP contribution in [0.2, 0.25) is 0 Å². The maximum absolute atomic E-state index is 13.7. The van der Waals surface area contributed by atoms with Crippen LogP contribution in [0.4, 0.5) is 0 Å². The van der Waals surface area contributed by atoms with Crippen molar-refractivity contribution in [2.24, 2.45) is 5.73 Å². The molecular formula is C28H31NO10. The number of aromatic hydroxyl groups is 2. The van der Waals surface area contributed by atoms with Gasteiger partial charge in [-0.15, -0.1) is 0 Å². The fourth-order valence-corrected chi connectivity index (χ4v) is 5.93. The number of ketones is 3. The Morgan fingerprint density at radius 2 is 1.85 bits per heavy atom. The molecule has 1 fully saturated rings. The van der Waals surface area contributed by atoms with E-state index in [1.54, 1.807) is 13.8 Å². The van der Waals surface area contributed by atoms with E-state index in [-0.39, 0.29) is 47.3 Å². The van der Waals surface area contributed by atoms with Crippen molar-refractivity contribution in [3.8, 4) is 17.2 Å². The number of Topliss-reactive ketones (excluding diaryl/α,β-unsaturated/α-hetero) is 1. The van der Waals surface area contributed by atoms with E-state index in [0.29, 0.717) is 0 Å². The molecule has 11 heteroatoms. The second-order valence-electron chi connectivity index (χ2n) is 10.4. The van der Waals surface area contributed by atoms with Gasteiger partial charge in [0.25, 0.3) is 0 Å². The van der Waals surface area contributed by atoms with Crippen molar-refractivity contribution in [2.75, 3.05) is 7.11 Å². The summed E-state index contributed by atoms with van der Waals surface area (Å²) in [6.07, 6.45) is -4.53. The second kappa shape index (κ2) is 9.68. The molecule has 1 heterocycles. The summed E-state index contributed by atoms with van der Waals surface area (Å²) in [6.45, 7) is 3.19. The summed E-state index contributed by atoms with van der Waals surface area (Å²) >= 11 is 0. The van der Waals surface area contributed by atoms with Crippen molar-refractivity contribution < 1.29 is 49.0 Å². The minimum absolute atomic E-state index is 0.0119. The fourth-order valence-electron chi connectivity index (χ4n) is 5.93. The molecular weight excluding hydrogens is 510 g/mol. The van der Waals surface area contributed by atoms with Crippen LogP contribution in [0.25, 0.3) is 0 Å². The van der Waals surface area contributed by atoms with Gasteiger partial charge < -0.3 is 40.4 Å². The van der Waals surface area contributed by atoms with E-state index < -0.39 is 82.6 Å². The molecule has 208 valence electrons. The largest absolute Gasteiger partial charge is 0.507 e. The highest BCUT2D eigenvalue weighted by Gasteiger charge is 2.49. The number of phenols is 2. The van der Waals surface area contributed by atoms with Crippen molar-refractivity contribution in [1.29, 1.82) is 0 Å². The van der Waals surface area contributed by atoms with Crippen LogP contribution < -0.4 is 10.5 Å². The molecule has 2 aromatic rings. The van der Waals surface area contributed by atoms with Crippen LogP contribution in [0.15, 0.2) is 18.2 Å². The van der Waals surface area contributed by atoms with E-state index in [2.05, 4.69) is 0 Å². The van der Waals surface area contributed by atoms with Crippen molar-refractivity contribution in [1.82, 2.24) is 0 Å². The van der Waals surface area contributed by atoms with Crippen LogP contribution >= 0.6 is 0 Å². The predicted molar refractivity (Wildman–Crippen MR) is 135 cm³/mol. The molecule has 0 saturated carbocycles. The molecule has 0 spiro atoms. The molecule has 11 nitrogen and oxygen atoms in total. The number of phenolic OH excluding ortho intramolecular Hbond substituents is 2. The molecule has 0 radical (unpaired) electrons. The number of carbonyl (C=O) groups is 3. The fraction of sp³-hybridized carbons (Fsp3) is 0.464. The number of aliphatic hydroxyl groups excluding tert-OH is 1. The van der Waals surface area contributed by atoms with Crippen molar-refractivity contribution in [3.05, 3.63) is 51.6 Å². The van der Waals surface area contributed by atoms with Gasteiger partial charge in [0.05, 0.1) is 42.1 Å². The van der Waals surface area contributed by atoms with Gasteiger partial charge in [-0.2, -0.15) is 0 Å². The van der Waals surface area contributed by atoms with E-state index in [4.69, 9.17) is 19.9 Å². The molecule has 2 aliphatic carbocycles. The molecule has 1 saturated heterocycles. The summed E-state index contributed by atoms with van der Waals surface area (Å²) in [5.41, 5.74) is 3.03. The van der Waals surface area contributed by atoms with E-state index in [0.717, 1.165) is 0 Å². The Bertz CT molecular complexity index is 1380. The van der Waals surface area contributed by atoms with Crippen LogP contribution in [0.3, 0.4) is 0 Å². The molecule has 3 aliphatic rings. The lowest BCUT2D eigenvalue weighted by molar-refractivity contribution is -0.247. The molecule has 5 unspecified atom stereocenters. The third-order valence-corrected chi connectivity index (χ3v) is 7.98. The SMILES string of the molecule is CCC(=O)[C@]1(O)Cc2c(O)c3c(c(O)c2C(OC2CC(N)C(O)C(C)O2)C1)C(=O)c1c(OC)cccc1C3=O. The number of rotatable bonds is 5. The number of nitrogens with two attached hydrogens (primary N) is 1. The van der Waals surface area contributed by atoms with Gasteiger partial charge in [0, 0.05) is 48.4 Å². The Morgan fingerprint density at radius 1 is 1.15 bits per heavy atom. The summed E-state index contributed by atoms with van der Waals surface area (Å²) < 4.78 is 17.1. The van der Waals surface area contributed by atoms with Gasteiger partial charge in [-0.25, -0.2) is 0 Å². The van der Waals surface area contributed by atoms with Crippen molar-refractivity contribution >= 4 is 17.3 Å². The Balaban J connectivity index is 1.69. The molecule has 5 rings (SSSR count). The van der Waals surface area contributed by atoms with Gasteiger partial charge >= 0.3 is 0 Å².